The molecule has 0 bridgehead atoms. The van der Waals surface area contributed by atoms with Crippen molar-refractivity contribution in [3.8, 4) is 11.8 Å². The molecule has 1 saturated heterocycles. The zero-order valence-electron chi connectivity index (χ0n) is 14.6. The molecule has 2 aromatic rings. The van der Waals surface area contributed by atoms with Gasteiger partial charge in [-0.1, -0.05) is 6.07 Å². The Morgan fingerprint density at radius 3 is 2.38 bits per heavy atom. The summed E-state index contributed by atoms with van der Waals surface area (Å²) in [7, 11) is -3.51. The van der Waals surface area contributed by atoms with Crippen LogP contribution in [0.5, 0.6) is 5.75 Å². The number of nitrogens with zero attached hydrogens (tertiary/aromatic N) is 3. The van der Waals surface area contributed by atoms with Gasteiger partial charge in [0, 0.05) is 31.9 Å². The number of piperazine rings is 1. The van der Waals surface area contributed by atoms with Crippen molar-refractivity contribution < 1.29 is 13.2 Å². The van der Waals surface area contributed by atoms with Crippen LogP contribution in [0.25, 0.3) is 0 Å². The molecule has 26 heavy (non-hydrogen) atoms. The first-order chi connectivity index (χ1) is 12.5. The van der Waals surface area contributed by atoms with Crippen molar-refractivity contribution in [1.29, 1.82) is 5.26 Å². The Balaban J connectivity index is 1.69. The van der Waals surface area contributed by atoms with E-state index in [0.29, 0.717) is 44.1 Å². The Morgan fingerprint density at radius 1 is 1.08 bits per heavy atom. The molecule has 0 radical (unpaired) electrons. The van der Waals surface area contributed by atoms with E-state index in [2.05, 4.69) is 11.0 Å². The highest BCUT2D eigenvalue weighted by Gasteiger charge is 2.28. The van der Waals surface area contributed by atoms with Gasteiger partial charge in [0.2, 0.25) is 10.0 Å². The van der Waals surface area contributed by atoms with Gasteiger partial charge in [-0.2, -0.15) is 9.57 Å². The van der Waals surface area contributed by atoms with E-state index in [9.17, 15) is 8.42 Å². The van der Waals surface area contributed by atoms with Crippen LogP contribution >= 0.6 is 0 Å². The third-order valence-electron chi connectivity index (χ3n) is 4.35. The molecule has 136 valence electrons. The fourth-order valence-corrected chi connectivity index (χ4v) is 4.40. The van der Waals surface area contributed by atoms with Crippen molar-refractivity contribution in [2.45, 2.75) is 11.8 Å². The second kappa shape index (κ2) is 7.77. The van der Waals surface area contributed by atoms with E-state index in [0.717, 1.165) is 5.69 Å². The summed E-state index contributed by atoms with van der Waals surface area (Å²) >= 11 is 0. The molecule has 1 fully saturated rings. The summed E-state index contributed by atoms with van der Waals surface area (Å²) in [5.41, 5.74) is 1.55. The van der Waals surface area contributed by atoms with E-state index in [-0.39, 0.29) is 4.90 Å². The zero-order valence-corrected chi connectivity index (χ0v) is 15.4. The van der Waals surface area contributed by atoms with E-state index in [1.165, 1.54) is 4.31 Å². The molecule has 0 aromatic heterocycles. The molecule has 1 heterocycles. The first kappa shape index (κ1) is 18.2. The molecule has 0 spiro atoms. The maximum absolute atomic E-state index is 12.8. The van der Waals surface area contributed by atoms with E-state index in [1.54, 1.807) is 30.3 Å². The minimum absolute atomic E-state index is 0.279. The Morgan fingerprint density at radius 2 is 1.77 bits per heavy atom. The maximum atomic E-state index is 12.8. The monoisotopic (exact) mass is 371 g/mol. The molecular weight excluding hydrogens is 350 g/mol. The van der Waals surface area contributed by atoms with Crippen molar-refractivity contribution >= 4 is 15.7 Å². The summed E-state index contributed by atoms with van der Waals surface area (Å²) in [5.74, 6) is 0.661. The quantitative estimate of drug-likeness (QED) is 0.807. The van der Waals surface area contributed by atoms with E-state index < -0.39 is 10.0 Å². The van der Waals surface area contributed by atoms with Crippen molar-refractivity contribution in [2.75, 3.05) is 37.7 Å². The second-order valence-electron chi connectivity index (χ2n) is 5.96. The van der Waals surface area contributed by atoms with Gasteiger partial charge in [0.15, 0.2) is 0 Å². The number of sulfonamides is 1. The van der Waals surface area contributed by atoms with Gasteiger partial charge in [-0.3, -0.25) is 0 Å². The fraction of sp³-hybridized carbons (Fsp3) is 0.316. The third-order valence-corrected chi connectivity index (χ3v) is 6.26. The van der Waals surface area contributed by atoms with Gasteiger partial charge in [0.1, 0.15) is 5.75 Å². The predicted octanol–water partition coefficient (Wildman–Crippen LogP) is 2.47. The number of nitriles is 1. The Hall–Kier alpha value is -2.56. The van der Waals surface area contributed by atoms with Crippen LogP contribution in [0.3, 0.4) is 0 Å². The minimum Gasteiger partial charge on any atom is -0.494 e. The van der Waals surface area contributed by atoms with Crippen molar-refractivity contribution in [3.05, 3.63) is 54.1 Å². The third kappa shape index (κ3) is 3.82. The highest BCUT2D eigenvalue weighted by molar-refractivity contribution is 7.89. The zero-order chi connectivity index (χ0) is 18.6. The number of anilines is 1. The highest BCUT2D eigenvalue weighted by atomic mass is 32.2. The minimum atomic E-state index is -3.51. The summed E-state index contributed by atoms with van der Waals surface area (Å²) in [6, 6.07) is 16.0. The number of hydrogen-bond donors (Lipinski definition) is 0. The van der Waals surface area contributed by atoms with Crippen LogP contribution in [0.1, 0.15) is 12.5 Å². The van der Waals surface area contributed by atoms with Gasteiger partial charge in [-0.15, -0.1) is 0 Å². The first-order valence-electron chi connectivity index (χ1n) is 8.52. The lowest BCUT2D eigenvalue weighted by Crippen LogP contribution is -2.48. The summed E-state index contributed by atoms with van der Waals surface area (Å²) in [6.07, 6.45) is 0. The Bertz CT molecular complexity index is 896. The average molecular weight is 371 g/mol. The van der Waals surface area contributed by atoms with E-state index in [4.69, 9.17) is 10.00 Å². The Kier molecular flexibility index (Phi) is 5.45. The number of hydrogen-bond acceptors (Lipinski definition) is 5. The molecule has 6 nitrogen and oxygen atoms in total. The lowest BCUT2D eigenvalue weighted by molar-refractivity contribution is 0.340. The lowest BCUT2D eigenvalue weighted by atomic mass is 10.2. The van der Waals surface area contributed by atoms with Crippen LogP contribution < -0.4 is 9.64 Å². The molecule has 0 amide bonds. The summed E-state index contributed by atoms with van der Waals surface area (Å²) in [6.45, 7) is 4.42. The Labute approximate surface area is 154 Å². The van der Waals surface area contributed by atoms with Crippen molar-refractivity contribution in [1.82, 2.24) is 4.31 Å². The van der Waals surface area contributed by atoms with E-state index in [1.807, 2.05) is 25.1 Å². The van der Waals surface area contributed by atoms with Crippen LogP contribution in [-0.2, 0) is 10.0 Å². The molecule has 0 unspecified atom stereocenters. The van der Waals surface area contributed by atoms with Crippen LogP contribution in [0.15, 0.2) is 53.4 Å². The topological polar surface area (TPSA) is 73.6 Å². The number of rotatable bonds is 5. The first-order valence-corrected chi connectivity index (χ1v) is 9.96. The standard InChI is InChI=1S/C19H21N3O3S/c1-2-25-18-6-8-19(9-7-18)26(23,24)22-12-10-21(11-13-22)17-5-3-4-16(14-17)15-20/h3-9,14H,2,10-13H2,1H3. The van der Waals surface area contributed by atoms with Crippen LogP contribution in [0.4, 0.5) is 5.69 Å². The molecular formula is C19H21N3O3S. The molecule has 0 N–H and O–H groups in total. The molecule has 0 atom stereocenters. The molecule has 0 aliphatic carbocycles. The number of benzene rings is 2. The predicted molar refractivity (Wildman–Crippen MR) is 99.7 cm³/mol. The largest absolute Gasteiger partial charge is 0.494 e. The van der Waals surface area contributed by atoms with Gasteiger partial charge in [-0.25, -0.2) is 8.42 Å². The average Bonchev–Trinajstić information content (AvgIpc) is 2.69. The van der Waals surface area contributed by atoms with Gasteiger partial charge in [-0.05, 0) is 49.4 Å². The lowest BCUT2D eigenvalue weighted by Gasteiger charge is -2.35. The van der Waals surface area contributed by atoms with Crippen LogP contribution in [0.2, 0.25) is 0 Å². The molecule has 1 aliphatic rings. The summed E-state index contributed by atoms with van der Waals surface area (Å²) < 4.78 is 32.5. The van der Waals surface area contributed by atoms with Crippen LogP contribution in [0, 0.1) is 11.3 Å². The van der Waals surface area contributed by atoms with Crippen LogP contribution in [-0.4, -0.2) is 45.5 Å². The van der Waals surface area contributed by atoms with Gasteiger partial charge < -0.3 is 9.64 Å². The van der Waals surface area contributed by atoms with Gasteiger partial charge >= 0.3 is 0 Å². The van der Waals surface area contributed by atoms with Crippen molar-refractivity contribution in [3.63, 3.8) is 0 Å². The molecule has 2 aromatic carbocycles. The molecule has 7 heteroatoms. The second-order valence-corrected chi connectivity index (χ2v) is 7.90. The molecule has 3 rings (SSSR count). The molecule has 0 saturated carbocycles. The fourth-order valence-electron chi connectivity index (χ4n) is 2.98. The SMILES string of the molecule is CCOc1ccc(S(=O)(=O)N2CCN(c3cccc(C#N)c3)CC2)cc1. The smallest absolute Gasteiger partial charge is 0.243 e. The normalized spacial score (nSPS) is 15.5. The van der Waals surface area contributed by atoms with Gasteiger partial charge in [0.05, 0.1) is 23.1 Å². The van der Waals surface area contributed by atoms with E-state index >= 15 is 0 Å². The summed E-state index contributed by atoms with van der Waals surface area (Å²) in [5, 5.41) is 9.02. The van der Waals surface area contributed by atoms with Gasteiger partial charge in [0.25, 0.3) is 0 Å². The molecule has 1 aliphatic heterocycles. The number of ether oxygens (including phenoxy) is 1. The highest BCUT2D eigenvalue weighted by Crippen LogP contribution is 2.23. The van der Waals surface area contributed by atoms with Crippen molar-refractivity contribution in [2.24, 2.45) is 0 Å². The maximum Gasteiger partial charge on any atom is 0.243 e. The summed E-state index contributed by atoms with van der Waals surface area (Å²) in [4.78, 5) is 2.38.